The molecule has 0 aliphatic carbocycles. The fraction of sp³-hybridized carbons (Fsp3) is 1.00. The van der Waals surface area contributed by atoms with Gasteiger partial charge in [-0.15, -0.1) is 0 Å². The van der Waals surface area contributed by atoms with E-state index < -0.39 is 22.5 Å². The lowest BCUT2D eigenvalue weighted by Gasteiger charge is -2.37. The van der Waals surface area contributed by atoms with Crippen molar-refractivity contribution in [3.05, 3.63) is 0 Å². The smallest absolute Gasteiger partial charge is 0.226 e. The second kappa shape index (κ2) is 28.5. The molecular weight excluding hydrogens is 597 g/mol. The van der Waals surface area contributed by atoms with Crippen molar-refractivity contribution in [1.29, 1.82) is 0 Å². The van der Waals surface area contributed by atoms with E-state index in [-0.39, 0.29) is 13.2 Å². The Bertz CT molecular complexity index is 612. The quantitative estimate of drug-likeness (QED) is 0.0536. The summed E-state index contributed by atoms with van der Waals surface area (Å²) >= 11 is 0. The predicted molar refractivity (Wildman–Crippen MR) is 198 cm³/mol. The summed E-state index contributed by atoms with van der Waals surface area (Å²) < 4.78 is 18.0. The highest BCUT2D eigenvalue weighted by molar-refractivity contribution is 6.77. The van der Waals surface area contributed by atoms with Gasteiger partial charge in [-0.3, -0.25) is 0 Å². The molecule has 264 valence electrons. The molecule has 2 N–H and O–H groups in total. The number of hydrogen-bond donors (Lipinski definition) is 2. The molecule has 0 aromatic carbocycles. The first-order valence-electron chi connectivity index (χ1n) is 18.7. The standard InChI is InChI=1S/C36H78O5Si3/c1-9-10-11-12-17-20-24-33(30-40-42-2)25-21-18-15-13-14-16-19-22-27-36(43(3,4)5)34(31-41-44(6,7)8)26-23-28-39-32-35(38)29-37/h33-38H,9-32H2,1-8H3. The molecule has 4 unspecified atom stereocenters. The molecule has 0 saturated carbocycles. The lowest BCUT2D eigenvalue weighted by atomic mass is 9.94. The van der Waals surface area contributed by atoms with E-state index in [1.807, 2.05) is 0 Å². The van der Waals surface area contributed by atoms with Crippen LogP contribution in [0.3, 0.4) is 0 Å². The summed E-state index contributed by atoms with van der Waals surface area (Å²) in [6, 6.07) is 0. The van der Waals surface area contributed by atoms with Crippen LogP contribution in [0.15, 0.2) is 0 Å². The van der Waals surface area contributed by atoms with E-state index in [0.717, 1.165) is 37.5 Å². The van der Waals surface area contributed by atoms with Gasteiger partial charge in [0.25, 0.3) is 0 Å². The third-order valence-corrected chi connectivity index (χ3v) is 13.6. The average molecular weight is 675 g/mol. The highest BCUT2D eigenvalue weighted by Gasteiger charge is 2.34. The van der Waals surface area contributed by atoms with Crippen LogP contribution in [0, 0.1) is 11.8 Å². The van der Waals surface area contributed by atoms with Gasteiger partial charge in [-0.05, 0) is 69.2 Å². The summed E-state index contributed by atoms with van der Waals surface area (Å²) in [7, 11) is -2.29. The molecule has 0 fully saturated rings. The summed E-state index contributed by atoms with van der Waals surface area (Å²) in [5.74, 6) is 1.37. The van der Waals surface area contributed by atoms with E-state index in [2.05, 4.69) is 52.8 Å². The van der Waals surface area contributed by atoms with Gasteiger partial charge in [0.2, 0.25) is 9.76 Å². The summed E-state index contributed by atoms with van der Waals surface area (Å²) in [5, 5.41) is 18.6. The van der Waals surface area contributed by atoms with Gasteiger partial charge in [-0.25, -0.2) is 0 Å². The molecule has 0 aromatic rings. The van der Waals surface area contributed by atoms with Gasteiger partial charge in [-0.1, -0.05) is 123 Å². The molecule has 0 spiro atoms. The average Bonchev–Trinajstić information content (AvgIpc) is 2.96. The van der Waals surface area contributed by atoms with Gasteiger partial charge in [0, 0.05) is 27.9 Å². The predicted octanol–water partition coefficient (Wildman–Crippen LogP) is 10.3. The molecule has 0 rings (SSSR count). The molecule has 44 heavy (non-hydrogen) atoms. The van der Waals surface area contributed by atoms with Crippen LogP contribution in [0.2, 0.25) is 51.4 Å². The molecule has 0 aromatic heterocycles. The van der Waals surface area contributed by atoms with Crippen LogP contribution in [-0.2, 0) is 13.6 Å². The SMILES string of the molecule is CCCCCCCCC(CCCCCCCCCCC(C(CCCOCC(O)CO)CO[Si](C)(C)C)[Si](C)(C)C)CO[Si]C. The topological polar surface area (TPSA) is 68.2 Å². The molecule has 0 saturated heterocycles. The van der Waals surface area contributed by atoms with Gasteiger partial charge < -0.3 is 23.8 Å². The summed E-state index contributed by atoms with van der Waals surface area (Å²) in [6.07, 6.45) is 24.8. The van der Waals surface area contributed by atoms with Crippen LogP contribution >= 0.6 is 0 Å². The molecule has 8 heteroatoms. The lowest BCUT2D eigenvalue weighted by molar-refractivity contribution is 0.00414. The summed E-state index contributed by atoms with van der Waals surface area (Å²) in [5.41, 5.74) is 0.767. The van der Waals surface area contributed by atoms with Gasteiger partial charge in [0.05, 0.1) is 13.2 Å². The van der Waals surface area contributed by atoms with Gasteiger partial charge >= 0.3 is 0 Å². The van der Waals surface area contributed by atoms with Crippen molar-refractivity contribution in [2.45, 2.75) is 186 Å². The van der Waals surface area contributed by atoms with Crippen LogP contribution in [0.4, 0.5) is 0 Å². The summed E-state index contributed by atoms with van der Waals surface area (Å²) in [4.78, 5) is 0. The van der Waals surface area contributed by atoms with Crippen LogP contribution in [0.5, 0.6) is 0 Å². The maximum Gasteiger partial charge on any atom is 0.226 e. The first-order chi connectivity index (χ1) is 20.9. The zero-order valence-corrected chi connectivity index (χ0v) is 33.9. The normalized spacial score (nSPS) is 15.4. The molecule has 0 amide bonds. The molecular formula is C36H78O5Si3. The number of ether oxygens (including phenoxy) is 1. The first kappa shape index (κ1) is 44.5. The van der Waals surface area contributed by atoms with E-state index >= 15 is 0 Å². The van der Waals surface area contributed by atoms with Gasteiger partial charge in [-0.2, -0.15) is 0 Å². The second-order valence-corrected chi connectivity index (χ2v) is 26.2. The molecule has 2 radical (unpaired) electrons. The van der Waals surface area contributed by atoms with Crippen molar-refractivity contribution in [1.82, 2.24) is 0 Å². The number of hydrogen-bond acceptors (Lipinski definition) is 5. The minimum absolute atomic E-state index is 0.220. The van der Waals surface area contributed by atoms with E-state index in [9.17, 15) is 5.11 Å². The maximum absolute atomic E-state index is 9.56. The van der Waals surface area contributed by atoms with Crippen LogP contribution in [0.1, 0.15) is 129 Å². The Hall–Kier alpha value is 0.451. The molecule has 4 atom stereocenters. The fourth-order valence-corrected chi connectivity index (χ4v) is 10.3. The zero-order chi connectivity index (χ0) is 33.1. The number of rotatable bonds is 33. The number of aliphatic hydroxyl groups is 2. The van der Waals surface area contributed by atoms with E-state index in [1.165, 1.54) is 109 Å². The Kier molecular flexibility index (Phi) is 28.8. The van der Waals surface area contributed by atoms with Crippen LogP contribution in [0.25, 0.3) is 0 Å². The Morgan fingerprint density at radius 3 is 1.64 bits per heavy atom. The second-order valence-electron chi connectivity index (χ2n) is 15.6. The molecule has 0 aliphatic heterocycles. The van der Waals surface area contributed by atoms with Crippen molar-refractivity contribution in [3.8, 4) is 0 Å². The van der Waals surface area contributed by atoms with Crippen LogP contribution < -0.4 is 0 Å². The number of aliphatic hydroxyl groups excluding tert-OH is 2. The van der Waals surface area contributed by atoms with Crippen LogP contribution in [-0.4, -0.2) is 75.5 Å². The Labute approximate surface area is 280 Å². The Balaban J connectivity index is 4.39. The third-order valence-electron chi connectivity index (χ3n) is 9.10. The summed E-state index contributed by atoms with van der Waals surface area (Å²) in [6.45, 7) is 21.5. The highest BCUT2D eigenvalue weighted by atomic mass is 28.4. The van der Waals surface area contributed by atoms with E-state index in [4.69, 9.17) is 18.7 Å². The minimum Gasteiger partial charge on any atom is -0.417 e. The molecule has 0 heterocycles. The monoisotopic (exact) mass is 675 g/mol. The van der Waals surface area contributed by atoms with E-state index in [0.29, 0.717) is 22.3 Å². The lowest BCUT2D eigenvalue weighted by Crippen LogP contribution is -2.38. The molecule has 0 bridgehead atoms. The van der Waals surface area contributed by atoms with Crippen molar-refractivity contribution in [2.24, 2.45) is 11.8 Å². The third kappa shape index (κ3) is 27.6. The highest BCUT2D eigenvalue weighted by Crippen LogP contribution is 2.38. The van der Waals surface area contributed by atoms with Gasteiger partial charge in [0.1, 0.15) is 6.10 Å². The first-order valence-corrected chi connectivity index (χ1v) is 27.1. The largest absolute Gasteiger partial charge is 0.417 e. The molecule has 0 aliphatic rings. The molecule has 5 nitrogen and oxygen atoms in total. The van der Waals surface area contributed by atoms with E-state index in [1.54, 1.807) is 0 Å². The Morgan fingerprint density at radius 2 is 1.16 bits per heavy atom. The minimum atomic E-state index is -1.57. The van der Waals surface area contributed by atoms with Crippen molar-refractivity contribution in [3.63, 3.8) is 0 Å². The Morgan fingerprint density at radius 1 is 0.636 bits per heavy atom. The fourth-order valence-electron chi connectivity index (χ4n) is 6.44. The van der Waals surface area contributed by atoms with Crippen molar-refractivity contribution < 1.29 is 23.8 Å². The van der Waals surface area contributed by atoms with Gasteiger partial charge in [0.15, 0.2) is 8.32 Å². The maximum atomic E-state index is 9.56. The number of unbranched alkanes of at least 4 members (excludes halogenated alkanes) is 12. The van der Waals surface area contributed by atoms with Crippen molar-refractivity contribution >= 4 is 26.2 Å². The van der Waals surface area contributed by atoms with Crippen molar-refractivity contribution in [2.75, 3.05) is 33.0 Å². The zero-order valence-electron chi connectivity index (χ0n) is 30.9.